The Hall–Kier alpha value is -1.82. The quantitative estimate of drug-likeness (QED) is 0.600. The lowest BCUT2D eigenvalue weighted by Crippen LogP contribution is -2.20. The standard InChI is InChI=1S/C12H18N2O4/c1-8(4-9(2)15)13-10-5-11(14(16)17)7-12(6-10)18-3/h5-9,13,15H,4H2,1-3H3. The highest BCUT2D eigenvalue weighted by Crippen LogP contribution is 2.26. The second-order valence-electron chi connectivity index (χ2n) is 4.31. The summed E-state index contributed by atoms with van der Waals surface area (Å²) in [6.07, 6.45) is 0.137. The zero-order valence-corrected chi connectivity index (χ0v) is 10.7. The molecule has 2 unspecified atom stereocenters. The fourth-order valence-electron chi connectivity index (χ4n) is 1.75. The van der Waals surface area contributed by atoms with Gasteiger partial charge in [-0.2, -0.15) is 0 Å². The number of nitro benzene ring substituents is 1. The lowest BCUT2D eigenvalue weighted by molar-refractivity contribution is -0.384. The maximum atomic E-state index is 10.8. The molecule has 0 saturated carbocycles. The Morgan fingerprint density at radius 1 is 1.44 bits per heavy atom. The third kappa shape index (κ3) is 4.21. The summed E-state index contributed by atoms with van der Waals surface area (Å²) in [5.41, 5.74) is 0.579. The van der Waals surface area contributed by atoms with Gasteiger partial charge in [0.2, 0.25) is 0 Å². The van der Waals surface area contributed by atoms with E-state index in [2.05, 4.69) is 5.32 Å². The smallest absolute Gasteiger partial charge is 0.275 e. The number of hydrogen-bond donors (Lipinski definition) is 2. The minimum atomic E-state index is -0.465. The van der Waals surface area contributed by atoms with Crippen molar-refractivity contribution in [1.82, 2.24) is 0 Å². The van der Waals surface area contributed by atoms with Gasteiger partial charge in [-0.3, -0.25) is 10.1 Å². The van der Waals surface area contributed by atoms with E-state index in [1.807, 2.05) is 6.92 Å². The summed E-state index contributed by atoms with van der Waals surface area (Å²) in [4.78, 5) is 10.3. The Labute approximate surface area is 106 Å². The van der Waals surface area contributed by atoms with Crippen LogP contribution in [0.4, 0.5) is 11.4 Å². The van der Waals surface area contributed by atoms with Crippen molar-refractivity contribution >= 4 is 11.4 Å². The highest BCUT2D eigenvalue weighted by molar-refractivity contribution is 5.56. The van der Waals surface area contributed by atoms with Gasteiger partial charge in [-0.25, -0.2) is 0 Å². The van der Waals surface area contributed by atoms with Gasteiger partial charge in [-0.1, -0.05) is 0 Å². The molecule has 0 bridgehead atoms. The second kappa shape index (κ2) is 6.20. The van der Waals surface area contributed by atoms with Gasteiger partial charge < -0.3 is 15.2 Å². The van der Waals surface area contributed by atoms with E-state index in [4.69, 9.17) is 4.74 Å². The van der Waals surface area contributed by atoms with Crippen molar-refractivity contribution in [2.75, 3.05) is 12.4 Å². The minimum absolute atomic E-state index is 0.0108. The van der Waals surface area contributed by atoms with Crippen molar-refractivity contribution in [3.8, 4) is 5.75 Å². The van der Waals surface area contributed by atoms with E-state index in [-0.39, 0.29) is 11.7 Å². The number of aliphatic hydroxyl groups excluding tert-OH is 1. The highest BCUT2D eigenvalue weighted by atomic mass is 16.6. The number of methoxy groups -OCH3 is 1. The van der Waals surface area contributed by atoms with Crippen molar-refractivity contribution in [3.63, 3.8) is 0 Å². The van der Waals surface area contributed by atoms with Crippen molar-refractivity contribution < 1.29 is 14.8 Å². The van der Waals surface area contributed by atoms with Crippen LogP contribution in [-0.4, -0.2) is 29.3 Å². The zero-order chi connectivity index (χ0) is 13.7. The largest absolute Gasteiger partial charge is 0.496 e. The van der Waals surface area contributed by atoms with E-state index in [0.717, 1.165) is 0 Å². The number of ether oxygens (including phenoxy) is 1. The molecule has 0 saturated heterocycles. The van der Waals surface area contributed by atoms with E-state index < -0.39 is 11.0 Å². The molecule has 0 heterocycles. The molecule has 6 heteroatoms. The predicted octanol–water partition coefficient (Wildman–Crippen LogP) is 2.17. The first-order valence-corrected chi connectivity index (χ1v) is 5.70. The van der Waals surface area contributed by atoms with Crippen LogP contribution in [0.1, 0.15) is 20.3 Å². The van der Waals surface area contributed by atoms with Gasteiger partial charge in [0.25, 0.3) is 5.69 Å². The van der Waals surface area contributed by atoms with Gasteiger partial charge in [0.05, 0.1) is 24.2 Å². The SMILES string of the molecule is COc1cc(NC(C)CC(C)O)cc([N+](=O)[O-])c1. The van der Waals surface area contributed by atoms with Crippen LogP contribution in [0, 0.1) is 10.1 Å². The van der Waals surface area contributed by atoms with Crippen molar-refractivity contribution in [2.24, 2.45) is 0 Å². The molecule has 1 aromatic carbocycles. The van der Waals surface area contributed by atoms with Crippen molar-refractivity contribution in [1.29, 1.82) is 0 Å². The third-order valence-corrected chi connectivity index (χ3v) is 2.45. The van der Waals surface area contributed by atoms with Crippen molar-refractivity contribution in [3.05, 3.63) is 28.3 Å². The lowest BCUT2D eigenvalue weighted by atomic mass is 10.1. The molecule has 1 aromatic rings. The summed E-state index contributed by atoms with van der Waals surface area (Å²) >= 11 is 0. The molecule has 0 radical (unpaired) electrons. The Balaban J connectivity index is 2.87. The lowest BCUT2D eigenvalue weighted by Gasteiger charge is -2.17. The fraction of sp³-hybridized carbons (Fsp3) is 0.500. The minimum Gasteiger partial charge on any atom is -0.496 e. The maximum absolute atomic E-state index is 10.8. The van der Waals surface area contributed by atoms with Crippen LogP contribution >= 0.6 is 0 Å². The summed E-state index contributed by atoms with van der Waals surface area (Å²) < 4.78 is 5.01. The molecule has 2 atom stereocenters. The Bertz CT molecular complexity index is 421. The molecule has 0 amide bonds. The van der Waals surface area contributed by atoms with Gasteiger partial charge in [0.15, 0.2) is 0 Å². The number of anilines is 1. The summed E-state index contributed by atoms with van der Waals surface area (Å²) in [6.45, 7) is 3.60. The van der Waals surface area contributed by atoms with Gasteiger partial charge in [0.1, 0.15) is 5.75 Å². The van der Waals surface area contributed by atoms with Crippen LogP contribution in [0.25, 0.3) is 0 Å². The number of nitrogens with one attached hydrogen (secondary N) is 1. The normalized spacial score (nSPS) is 13.8. The number of nitrogens with zero attached hydrogens (tertiary/aromatic N) is 1. The second-order valence-corrected chi connectivity index (χ2v) is 4.31. The Morgan fingerprint density at radius 2 is 2.11 bits per heavy atom. The third-order valence-electron chi connectivity index (χ3n) is 2.45. The molecule has 0 aliphatic heterocycles. The molecule has 6 nitrogen and oxygen atoms in total. The molecule has 100 valence electrons. The van der Waals surface area contributed by atoms with E-state index in [1.165, 1.54) is 19.2 Å². The number of non-ortho nitro benzene ring substituents is 1. The molecule has 18 heavy (non-hydrogen) atoms. The summed E-state index contributed by atoms with van der Waals surface area (Å²) in [5, 5.41) is 23.1. The number of benzene rings is 1. The van der Waals surface area contributed by atoms with Gasteiger partial charge in [-0.05, 0) is 20.3 Å². The fourth-order valence-corrected chi connectivity index (χ4v) is 1.75. The first kappa shape index (κ1) is 14.2. The van der Waals surface area contributed by atoms with E-state index in [0.29, 0.717) is 17.9 Å². The maximum Gasteiger partial charge on any atom is 0.275 e. The highest BCUT2D eigenvalue weighted by Gasteiger charge is 2.12. The summed E-state index contributed by atoms with van der Waals surface area (Å²) in [7, 11) is 1.46. The van der Waals surface area contributed by atoms with Crippen LogP contribution < -0.4 is 10.1 Å². The van der Waals surface area contributed by atoms with E-state index in [9.17, 15) is 15.2 Å². The van der Waals surface area contributed by atoms with Gasteiger partial charge in [-0.15, -0.1) is 0 Å². The summed E-state index contributed by atoms with van der Waals surface area (Å²) in [5.74, 6) is 0.427. The zero-order valence-electron chi connectivity index (χ0n) is 10.7. The summed E-state index contributed by atoms with van der Waals surface area (Å²) in [6, 6.07) is 4.51. The molecule has 0 aromatic heterocycles. The van der Waals surface area contributed by atoms with E-state index in [1.54, 1.807) is 13.0 Å². The average molecular weight is 254 g/mol. The number of hydrogen-bond acceptors (Lipinski definition) is 5. The first-order valence-electron chi connectivity index (χ1n) is 5.70. The molecule has 2 N–H and O–H groups in total. The van der Waals surface area contributed by atoms with Crippen LogP contribution in [0.3, 0.4) is 0 Å². The molecule has 0 fully saturated rings. The van der Waals surface area contributed by atoms with Gasteiger partial charge >= 0.3 is 0 Å². The monoisotopic (exact) mass is 254 g/mol. The molecule has 0 aliphatic rings. The molecule has 0 aliphatic carbocycles. The molecule has 1 rings (SSSR count). The Kier molecular flexibility index (Phi) is 4.91. The number of nitro groups is 1. The number of aliphatic hydroxyl groups is 1. The molecule has 0 spiro atoms. The predicted molar refractivity (Wildman–Crippen MR) is 69.0 cm³/mol. The van der Waals surface area contributed by atoms with Crippen LogP contribution in [-0.2, 0) is 0 Å². The van der Waals surface area contributed by atoms with E-state index >= 15 is 0 Å². The first-order chi connectivity index (χ1) is 8.42. The average Bonchev–Trinajstić information content (AvgIpc) is 2.27. The van der Waals surface area contributed by atoms with Crippen LogP contribution in [0.2, 0.25) is 0 Å². The number of rotatable bonds is 6. The topological polar surface area (TPSA) is 84.6 Å². The van der Waals surface area contributed by atoms with Crippen LogP contribution in [0.5, 0.6) is 5.75 Å². The molecular formula is C12H18N2O4. The Morgan fingerprint density at radius 3 is 2.61 bits per heavy atom. The van der Waals surface area contributed by atoms with Crippen molar-refractivity contribution in [2.45, 2.75) is 32.4 Å². The molecular weight excluding hydrogens is 236 g/mol. The van der Waals surface area contributed by atoms with Crippen LogP contribution in [0.15, 0.2) is 18.2 Å². The van der Waals surface area contributed by atoms with Gasteiger partial charge in [0, 0.05) is 23.9 Å².